The molecule has 0 aliphatic carbocycles. The topological polar surface area (TPSA) is 43.4 Å². The Morgan fingerprint density at radius 3 is 2.69 bits per heavy atom. The second-order valence-corrected chi connectivity index (χ2v) is 4.25. The molecule has 90 valence electrons. The van der Waals surface area contributed by atoms with Crippen LogP contribution in [0, 0.1) is 5.92 Å². The lowest BCUT2D eigenvalue weighted by Crippen LogP contribution is -2.37. The van der Waals surface area contributed by atoms with Gasteiger partial charge in [-0.2, -0.15) is 0 Å². The van der Waals surface area contributed by atoms with Gasteiger partial charge in [0.05, 0.1) is 6.26 Å². The Morgan fingerprint density at radius 1 is 1.31 bits per heavy atom. The Hall–Kier alpha value is -1.12. The van der Waals surface area contributed by atoms with E-state index in [2.05, 4.69) is 6.92 Å². The standard InChI is InChI=1S/C13H20O3/c1-3-5-6-7-10(4-2)13-12(15)11(14)8-9-16-13/h8-10,13H,3-7H2,1-2H3. The minimum Gasteiger partial charge on any atom is -0.489 e. The van der Waals surface area contributed by atoms with Crippen molar-refractivity contribution in [2.45, 2.75) is 52.1 Å². The summed E-state index contributed by atoms with van der Waals surface area (Å²) in [6.07, 6.45) is 7.28. The number of carbonyl (C=O) groups is 2. The first-order chi connectivity index (χ1) is 7.70. The van der Waals surface area contributed by atoms with Gasteiger partial charge in [0.1, 0.15) is 0 Å². The number of rotatable bonds is 6. The van der Waals surface area contributed by atoms with E-state index in [4.69, 9.17) is 4.74 Å². The van der Waals surface area contributed by atoms with Crippen molar-refractivity contribution < 1.29 is 14.3 Å². The zero-order valence-corrected chi connectivity index (χ0v) is 10.1. The molecule has 2 unspecified atom stereocenters. The molecule has 1 aliphatic rings. The molecule has 3 nitrogen and oxygen atoms in total. The fraction of sp³-hybridized carbons (Fsp3) is 0.692. The van der Waals surface area contributed by atoms with Crippen LogP contribution in [0.2, 0.25) is 0 Å². The van der Waals surface area contributed by atoms with Gasteiger partial charge in [-0.25, -0.2) is 0 Å². The number of ketones is 2. The Morgan fingerprint density at radius 2 is 2.06 bits per heavy atom. The molecule has 1 heterocycles. The van der Waals surface area contributed by atoms with Gasteiger partial charge in [0.2, 0.25) is 11.6 Å². The number of Topliss-reactive ketones (excluding diaryl/α,β-unsaturated/α-hetero) is 1. The molecule has 3 heteroatoms. The summed E-state index contributed by atoms with van der Waals surface area (Å²) in [6, 6.07) is 0. The van der Waals surface area contributed by atoms with Crippen LogP contribution in [0.1, 0.15) is 46.0 Å². The maximum absolute atomic E-state index is 11.6. The van der Waals surface area contributed by atoms with Crippen molar-refractivity contribution >= 4 is 11.6 Å². The number of hydrogen-bond donors (Lipinski definition) is 0. The summed E-state index contributed by atoms with van der Waals surface area (Å²) in [5.41, 5.74) is 0. The van der Waals surface area contributed by atoms with Crippen molar-refractivity contribution in [1.29, 1.82) is 0 Å². The predicted octanol–water partition coefficient (Wildman–Crippen LogP) is 2.64. The molecule has 0 saturated carbocycles. The van der Waals surface area contributed by atoms with Gasteiger partial charge in [-0.15, -0.1) is 0 Å². The first kappa shape index (κ1) is 12.9. The molecular weight excluding hydrogens is 204 g/mol. The van der Waals surface area contributed by atoms with Gasteiger partial charge in [0.15, 0.2) is 6.10 Å². The average molecular weight is 224 g/mol. The lowest BCUT2D eigenvalue weighted by molar-refractivity contribution is -0.143. The molecule has 0 spiro atoms. The van der Waals surface area contributed by atoms with E-state index in [0.29, 0.717) is 0 Å². The normalized spacial score (nSPS) is 22.0. The lowest BCUT2D eigenvalue weighted by Gasteiger charge is -2.25. The fourth-order valence-electron chi connectivity index (χ4n) is 2.02. The van der Waals surface area contributed by atoms with Crippen molar-refractivity contribution in [3.63, 3.8) is 0 Å². The second-order valence-electron chi connectivity index (χ2n) is 4.25. The number of unbranched alkanes of at least 4 members (excludes halogenated alkanes) is 2. The molecule has 0 aromatic rings. The molecule has 0 aromatic carbocycles. The van der Waals surface area contributed by atoms with Crippen molar-refractivity contribution in [2.24, 2.45) is 5.92 Å². The van der Waals surface area contributed by atoms with E-state index < -0.39 is 11.9 Å². The molecule has 1 aliphatic heterocycles. The first-order valence-corrected chi connectivity index (χ1v) is 6.10. The zero-order chi connectivity index (χ0) is 12.0. The Balaban J connectivity index is 2.55. The molecule has 0 saturated heterocycles. The van der Waals surface area contributed by atoms with Crippen LogP contribution >= 0.6 is 0 Å². The third kappa shape index (κ3) is 3.19. The first-order valence-electron chi connectivity index (χ1n) is 6.10. The molecule has 0 amide bonds. The van der Waals surface area contributed by atoms with Crippen LogP contribution in [-0.2, 0) is 14.3 Å². The third-order valence-corrected chi connectivity index (χ3v) is 3.08. The van der Waals surface area contributed by atoms with Gasteiger partial charge in [-0.3, -0.25) is 9.59 Å². The highest BCUT2D eigenvalue weighted by Gasteiger charge is 2.33. The Kier molecular flexibility index (Phi) is 5.23. The molecule has 0 radical (unpaired) electrons. The summed E-state index contributed by atoms with van der Waals surface area (Å²) in [5.74, 6) is -0.635. The highest BCUT2D eigenvalue weighted by molar-refractivity contribution is 6.43. The van der Waals surface area contributed by atoms with E-state index in [9.17, 15) is 9.59 Å². The van der Waals surface area contributed by atoms with Gasteiger partial charge < -0.3 is 4.74 Å². The summed E-state index contributed by atoms with van der Waals surface area (Å²) in [7, 11) is 0. The second kappa shape index (κ2) is 6.46. The third-order valence-electron chi connectivity index (χ3n) is 3.08. The van der Waals surface area contributed by atoms with Gasteiger partial charge in [-0.05, 0) is 12.8 Å². The van der Waals surface area contributed by atoms with Crippen LogP contribution in [0.4, 0.5) is 0 Å². The van der Waals surface area contributed by atoms with E-state index in [0.717, 1.165) is 25.7 Å². The van der Waals surface area contributed by atoms with Crippen LogP contribution < -0.4 is 0 Å². The average Bonchev–Trinajstić information content (AvgIpc) is 2.29. The Bertz CT molecular complexity index is 281. The van der Waals surface area contributed by atoms with E-state index in [1.54, 1.807) is 0 Å². The van der Waals surface area contributed by atoms with Crippen LogP contribution in [0.3, 0.4) is 0 Å². The van der Waals surface area contributed by atoms with E-state index >= 15 is 0 Å². The molecular formula is C13H20O3. The molecule has 1 rings (SSSR count). The van der Waals surface area contributed by atoms with Gasteiger partial charge in [0.25, 0.3) is 0 Å². The highest BCUT2D eigenvalue weighted by Crippen LogP contribution is 2.23. The molecule has 0 fully saturated rings. The van der Waals surface area contributed by atoms with Crippen molar-refractivity contribution in [1.82, 2.24) is 0 Å². The van der Waals surface area contributed by atoms with Crippen molar-refractivity contribution in [2.75, 3.05) is 0 Å². The smallest absolute Gasteiger partial charge is 0.243 e. The van der Waals surface area contributed by atoms with E-state index in [-0.39, 0.29) is 11.7 Å². The fourth-order valence-corrected chi connectivity index (χ4v) is 2.02. The number of hydrogen-bond acceptors (Lipinski definition) is 3. The van der Waals surface area contributed by atoms with Crippen LogP contribution in [0.25, 0.3) is 0 Å². The van der Waals surface area contributed by atoms with Gasteiger partial charge in [0, 0.05) is 12.0 Å². The van der Waals surface area contributed by atoms with Crippen LogP contribution in [0.15, 0.2) is 12.3 Å². The summed E-state index contributed by atoms with van der Waals surface area (Å²) >= 11 is 0. The summed E-state index contributed by atoms with van der Waals surface area (Å²) in [5, 5.41) is 0. The minimum absolute atomic E-state index is 0.174. The quantitative estimate of drug-likeness (QED) is 0.514. The minimum atomic E-state index is -0.542. The highest BCUT2D eigenvalue weighted by atomic mass is 16.5. The zero-order valence-electron chi connectivity index (χ0n) is 10.1. The number of carbonyl (C=O) groups excluding carboxylic acids is 2. The largest absolute Gasteiger partial charge is 0.489 e. The SMILES string of the molecule is CCCCCC(CC)C1OC=CC(=O)C1=O. The summed E-state index contributed by atoms with van der Waals surface area (Å²) < 4.78 is 5.29. The monoisotopic (exact) mass is 224 g/mol. The van der Waals surface area contributed by atoms with Gasteiger partial charge in [-0.1, -0.05) is 33.1 Å². The van der Waals surface area contributed by atoms with E-state index in [1.807, 2.05) is 6.92 Å². The van der Waals surface area contributed by atoms with Crippen molar-refractivity contribution in [3.8, 4) is 0 Å². The van der Waals surface area contributed by atoms with Gasteiger partial charge >= 0.3 is 0 Å². The summed E-state index contributed by atoms with van der Waals surface area (Å²) in [4.78, 5) is 22.9. The maximum Gasteiger partial charge on any atom is 0.243 e. The summed E-state index contributed by atoms with van der Waals surface area (Å²) in [6.45, 7) is 4.19. The predicted molar refractivity (Wildman–Crippen MR) is 62.0 cm³/mol. The molecule has 16 heavy (non-hydrogen) atoms. The van der Waals surface area contributed by atoms with Crippen molar-refractivity contribution in [3.05, 3.63) is 12.3 Å². The van der Waals surface area contributed by atoms with E-state index in [1.165, 1.54) is 18.8 Å². The molecule has 0 aromatic heterocycles. The lowest BCUT2D eigenvalue weighted by atomic mass is 9.88. The molecule has 2 atom stereocenters. The molecule has 0 N–H and O–H groups in total. The number of allylic oxidation sites excluding steroid dienone is 1. The van der Waals surface area contributed by atoms with Crippen LogP contribution in [0.5, 0.6) is 0 Å². The Labute approximate surface area is 96.9 Å². The number of ether oxygens (including phenoxy) is 1. The van der Waals surface area contributed by atoms with Crippen LogP contribution in [-0.4, -0.2) is 17.7 Å². The molecule has 0 bridgehead atoms. The maximum atomic E-state index is 11.6.